The minimum atomic E-state index is -0.556. The van der Waals surface area contributed by atoms with Crippen LogP contribution in [0.15, 0.2) is 36.4 Å². The fourth-order valence-electron chi connectivity index (χ4n) is 4.83. The first-order valence-corrected chi connectivity index (χ1v) is 11.5. The number of ether oxygens (including phenoxy) is 5. The number of carbonyl (C=O) groups excluding carboxylic acids is 2. The smallest absolute Gasteiger partial charge is 0.250 e. The van der Waals surface area contributed by atoms with E-state index in [9.17, 15) is 14.7 Å². The maximum Gasteiger partial charge on any atom is 0.250 e. The molecular formula is C25H28N2O8. The Kier molecular flexibility index (Phi) is 6.76. The van der Waals surface area contributed by atoms with Crippen LogP contribution in [0.5, 0.6) is 17.2 Å². The van der Waals surface area contributed by atoms with Crippen LogP contribution in [0.4, 0.5) is 5.69 Å². The van der Waals surface area contributed by atoms with E-state index in [1.165, 1.54) is 7.11 Å². The number of hydrogen-bond donors (Lipinski definition) is 3. The van der Waals surface area contributed by atoms with E-state index in [1.807, 2.05) is 24.3 Å². The van der Waals surface area contributed by atoms with Gasteiger partial charge in [0.15, 0.2) is 11.5 Å². The minimum absolute atomic E-state index is 0.0382. The number of carbonyl (C=O) groups is 2. The summed E-state index contributed by atoms with van der Waals surface area (Å²) in [6.07, 6.45) is -0.580. The van der Waals surface area contributed by atoms with Crippen molar-refractivity contribution < 1.29 is 38.4 Å². The third-order valence-electron chi connectivity index (χ3n) is 6.40. The molecule has 0 aliphatic carbocycles. The Morgan fingerprint density at radius 3 is 2.74 bits per heavy atom. The molecule has 3 N–H and O–H groups in total. The molecule has 186 valence electrons. The number of amides is 2. The van der Waals surface area contributed by atoms with E-state index in [0.29, 0.717) is 35.9 Å². The van der Waals surface area contributed by atoms with Gasteiger partial charge in [0.25, 0.3) is 0 Å². The number of rotatable bonds is 8. The summed E-state index contributed by atoms with van der Waals surface area (Å²) in [4.78, 5) is 24.6. The molecule has 35 heavy (non-hydrogen) atoms. The van der Waals surface area contributed by atoms with E-state index in [-0.39, 0.29) is 56.4 Å². The summed E-state index contributed by atoms with van der Waals surface area (Å²) in [6, 6.07) is 11.0. The van der Waals surface area contributed by atoms with Crippen molar-refractivity contribution in [2.75, 3.05) is 32.4 Å². The molecule has 0 spiro atoms. The summed E-state index contributed by atoms with van der Waals surface area (Å²) < 4.78 is 27.7. The highest BCUT2D eigenvalue weighted by molar-refractivity contribution is 5.92. The molecule has 3 heterocycles. The van der Waals surface area contributed by atoms with Gasteiger partial charge in [0.05, 0.1) is 19.1 Å². The summed E-state index contributed by atoms with van der Waals surface area (Å²) in [7, 11) is 1.46. The van der Waals surface area contributed by atoms with E-state index in [0.717, 1.165) is 11.1 Å². The van der Waals surface area contributed by atoms with Crippen LogP contribution in [0.1, 0.15) is 29.9 Å². The van der Waals surface area contributed by atoms with Gasteiger partial charge in [-0.05, 0) is 42.3 Å². The first kappa shape index (κ1) is 23.4. The lowest BCUT2D eigenvalue weighted by Crippen LogP contribution is -2.47. The van der Waals surface area contributed by atoms with Gasteiger partial charge in [0.1, 0.15) is 24.6 Å². The van der Waals surface area contributed by atoms with Gasteiger partial charge in [-0.3, -0.25) is 9.59 Å². The molecule has 1 fully saturated rings. The van der Waals surface area contributed by atoms with Crippen molar-refractivity contribution in [2.45, 2.75) is 43.6 Å². The molecule has 5 rings (SSSR count). The quantitative estimate of drug-likeness (QED) is 0.517. The molecular weight excluding hydrogens is 456 g/mol. The van der Waals surface area contributed by atoms with Gasteiger partial charge >= 0.3 is 0 Å². The molecule has 2 amide bonds. The Bertz CT molecular complexity index is 1110. The molecule has 2 aromatic rings. The Hall–Kier alpha value is -3.34. The molecule has 0 saturated carbocycles. The van der Waals surface area contributed by atoms with Crippen molar-refractivity contribution in [1.82, 2.24) is 5.32 Å². The Morgan fingerprint density at radius 1 is 1.09 bits per heavy atom. The summed E-state index contributed by atoms with van der Waals surface area (Å²) in [5.41, 5.74) is 2.47. The maximum absolute atomic E-state index is 12.7. The van der Waals surface area contributed by atoms with Crippen LogP contribution in [-0.4, -0.2) is 62.3 Å². The highest BCUT2D eigenvalue weighted by atomic mass is 16.7. The molecule has 4 atom stereocenters. The van der Waals surface area contributed by atoms with Crippen LogP contribution in [0, 0.1) is 0 Å². The van der Waals surface area contributed by atoms with Crippen molar-refractivity contribution in [2.24, 2.45) is 0 Å². The summed E-state index contributed by atoms with van der Waals surface area (Å²) in [5.74, 6) is 1.59. The van der Waals surface area contributed by atoms with Crippen LogP contribution in [-0.2, 0) is 25.6 Å². The first-order chi connectivity index (χ1) is 17.0. The van der Waals surface area contributed by atoms with Gasteiger partial charge in [0.2, 0.25) is 18.6 Å². The summed E-state index contributed by atoms with van der Waals surface area (Å²) in [5, 5.41) is 15.7. The zero-order valence-electron chi connectivity index (χ0n) is 19.3. The van der Waals surface area contributed by atoms with Gasteiger partial charge in [-0.15, -0.1) is 0 Å². The molecule has 0 radical (unpaired) electrons. The van der Waals surface area contributed by atoms with Crippen molar-refractivity contribution >= 4 is 17.5 Å². The van der Waals surface area contributed by atoms with Crippen LogP contribution in [0.2, 0.25) is 0 Å². The second kappa shape index (κ2) is 10.1. The van der Waals surface area contributed by atoms with Gasteiger partial charge in [-0.2, -0.15) is 0 Å². The fourth-order valence-corrected chi connectivity index (χ4v) is 4.83. The summed E-state index contributed by atoms with van der Waals surface area (Å²) >= 11 is 0. The highest BCUT2D eigenvalue weighted by Crippen LogP contribution is 2.47. The number of aliphatic hydroxyl groups is 1. The molecule has 0 unspecified atom stereocenters. The lowest BCUT2D eigenvalue weighted by Gasteiger charge is -2.37. The van der Waals surface area contributed by atoms with Crippen LogP contribution >= 0.6 is 0 Å². The normalized spacial score (nSPS) is 23.7. The molecule has 3 aliphatic heterocycles. The van der Waals surface area contributed by atoms with Crippen molar-refractivity contribution in [3.63, 3.8) is 0 Å². The number of methoxy groups -OCH3 is 1. The number of aliphatic hydroxyl groups excluding tert-OH is 1. The van der Waals surface area contributed by atoms with Gasteiger partial charge in [-0.1, -0.05) is 6.07 Å². The summed E-state index contributed by atoms with van der Waals surface area (Å²) in [6.45, 7) is 0.297. The number of nitrogens with one attached hydrogen (secondary N) is 2. The molecule has 0 aromatic heterocycles. The molecule has 0 bridgehead atoms. The van der Waals surface area contributed by atoms with Gasteiger partial charge in [0, 0.05) is 30.8 Å². The topological polar surface area (TPSA) is 125 Å². The Labute approximate surface area is 202 Å². The Morgan fingerprint density at radius 2 is 1.91 bits per heavy atom. The number of hydrogen-bond acceptors (Lipinski definition) is 8. The van der Waals surface area contributed by atoms with E-state index < -0.39 is 6.10 Å². The molecule has 2 aromatic carbocycles. The zero-order chi connectivity index (χ0) is 24.4. The van der Waals surface area contributed by atoms with Crippen molar-refractivity contribution in [3.8, 4) is 17.2 Å². The second-order valence-electron chi connectivity index (χ2n) is 8.81. The predicted octanol–water partition coefficient (Wildman–Crippen LogP) is 1.70. The predicted molar refractivity (Wildman–Crippen MR) is 123 cm³/mol. The third kappa shape index (κ3) is 5.04. The van der Waals surface area contributed by atoms with Crippen LogP contribution in [0.25, 0.3) is 0 Å². The highest BCUT2D eigenvalue weighted by Gasteiger charge is 2.46. The number of fused-ring (bicyclic) bond motifs is 4. The molecule has 3 aliphatic rings. The van der Waals surface area contributed by atoms with Crippen LogP contribution < -0.4 is 24.8 Å². The average Bonchev–Trinajstić information content (AvgIpc) is 3.46. The van der Waals surface area contributed by atoms with Crippen LogP contribution in [0.3, 0.4) is 0 Å². The van der Waals surface area contributed by atoms with E-state index in [2.05, 4.69) is 10.6 Å². The zero-order valence-corrected chi connectivity index (χ0v) is 19.3. The molecule has 10 heteroatoms. The lowest BCUT2D eigenvalue weighted by atomic mass is 9.84. The van der Waals surface area contributed by atoms with Gasteiger partial charge < -0.3 is 39.4 Å². The van der Waals surface area contributed by atoms with E-state index in [4.69, 9.17) is 23.7 Å². The monoisotopic (exact) mass is 484 g/mol. The minimum Gasteiger partial charge on any atom is -0.487 e. The standard InChI is InChI=1S/C25H28N2O8/c1-31-12-24(30)27-15-3-5-19-17(7-15)18-8-16(34-22(11-28)25(18)35-19)9-23(29)26-10-14-2-4-20-21(6-14)33-13-32-20/h2-7,16,18,22,25,28H,8-13H2,1H3,(H,26,29)(H,27,30)/t16-,18+,22+,25-/m1/s1. The molecule has 10 nitrogen and oxygen atoms in total. The second-order valence-corrected chi connectivity index (χ2v) is 8.81. The van der Waals surface area contributed by atoms with Crippen molar-refractivity contribution in [3.05, 3.63) is 47.5 Å². The van der Waals surface area contributed by atoms with E-state index >= 15 is 0 Å². The van der Waals surface area contributed by atoms with Crippen molar-refractivity contribution in [1.29, 1.82) is 0 Å². The third-order valence-corrected chi connectivity index (χ3v) is 6.40. The number of benzene rings is 2. The maximum atomic E-state index is 12.7. The molecule has 1 saturated heterocycles. The fraction of sp³-hybridized carbons (Fsp3) is 0.440. The SMILES string of the molecule is COCC(=O)Nc1ccc2c(c1)[C@@H]1C[C@H](CC(=O)NCc3ccc4c(c3)OCO4)O[C@@H](CO)[C@@H]1O2. The lowest BCUT2D eigenvalue weighted by molar-refractivity contribution is -0.142. The first-order valence-electron chi connectivity index (χ1n) is 11.5. The van der Waals surface area contributed by atoms with Gasteiger partial charge in [-0.25, -0.2) is 0 Å². The largest absolute Gasteiger partial charge is 0.487 e. The number of anilines is 1. The Balaban J connectivity index is 1.22. The average molecular weight is 485 g/mol. The van der Waals surface area contributed by atoms with E-state index in [1.54, 1.807) is 12.1 Å².